The number of hydrogen-bond acceptors (Lipinski definition) is 4. The Morgan fingerprint density at radius 1 is 1.40 bits per heavy atom. The van der Waals surface area contributed by atoms with Crippen LogP contribution >= 0.6 is 0 Å². The van der Waals surface area contributed by atoms with Gasteiger partial charge in [0.2, 0.25) is 0 Å². The van der Waals surface area contributed by atoms with Crippen LogP contribution in [0.25, 0.3) is 0 Å². The Kier molecular flexibility index (Phi) is 3.65. The van der Waals surface area contributed by atoms with Crippen LogP contribution in [0.15, 0.2) is 18.3 Å². The van der Waals surface area contributed by atoms with E-state index < -0.39 is 17.7 Å². The maximum atomic E-state index is 11.6. The molecule has 1 fully saturated rings. The molecule has 0 bridgehead atoms. The first-order valence-electron chi connectivity index (χ1n) is 6.45. The van der Waals surface area contributed by atoms with E-state index in [1.165, 1.54) is 6.20 Å². The molecule has 1 aromatic heterocycles. The zero-order chi connectivity index (χ0) is 14.9. The number of hydrogen-bond donors (Lipinski definition) is 2. The molecule has 1 saturated carbocycles. The summed E-state index contributed by atoms with van der Waals surface area (Å²) in [6.45, 7) is 5.35. The number of nitrogens with zero attached hydrogens (tertiary/aromatic N) is 1. The minimum absolute atomic E-state index is 0.0110. The van der Waals surface area contributed by atoms with Crippen molar-refractivity contribution in [1.82, 2.24) is 4.98 Å². The van der Waals surface area contributed by atoms with Gasteiger partial charge in [-0.15, -0.1) is 0 Å². The third-order valence-electron chi connectivity index (χ3n) is 2.92. The first-order chi connectivity index (χ1) is 9.26. The van der Waals surface area contributed by atoms with E-state index in [2.05, 4.69) is 10.3 Å². The summed E-state index contributed by atoms with van der Waals surface area (Å²) in [6.07, 6.45) is 1.60. The molecule has 0 aliphatic heterocycles. The van der Waals surface area contributed by atoms with Gasteiger partial charge in [-0.25, -0.2) is 4.79 Å². The minimum atomic E-state index is -0.784. The number of amides is 1. The highest BCUT2D eigenvalue weighted by atomic mass is 16.6. The van der Waals surface area contributed by atoms with E-state index in [4.69, 9.17) is 9.84 Å². The number of aromatic nitrogens is 1. The average Bonchev–Trinajstić information content (AvgIpc) is 3.07. The van der Waals surface area contributed by atoms with E-state index in [-0.39, 0.29) is 11.8 Å². The van der Waals surface area contributed by atoms with Crippen LogP contribution in [0.5, 0.6) is 0 Å². The van der Waals surface area contributed by atoms with Gasteiger partial charge in [0.25, 0.3) is 0 Å². The van der Waals surface area contributed by atoms with Crippen LogP contribution in [-0.2, 0) is 9.53 Å². The number of anilines is 1. The Bertz CT molecular complexity index is 519. The molecule has 1 heterocycles. The fourth-order valence-electron chi connectivity index (χ4n) is 1.91. The average molecular weight is 278 g/mol. The Labute approximate surface area is 117 Å². The van der Waals surface area contributed by atoms with Gasteiger partial charge in [0.15, 0.2) is 0 Å². The highest BCUT2D eigenvalue weighted by Gasteiger charge is 2.45. The molecular formula is C14H18N2O4. The third-order valence-corrected chi connectivity index (χ3v) is 2.92. The topological polar surface area (TPSA) is 88.5 Å². The zero-order valence-electron chi connectivity index (χ0n) is 11.7. The number of carbonyl (C=O) groups excluding carboxylic acids is 1. The minimum Gasteiger partial charge on any atom is -0.481 e. The molecule has 2 N–H and O–H groups in total. The molecule has 20 heavy (non-hydrogen) atoms. The Hall–Kier alpha value is -2.11. The van der Waals surface area contributed by atoms with Gasteiger partial charge in [-0.1, -0.05) is 0 Å². The van der Waals surface area contributed by atoms with Crippen LogP contribution in [0.3, 0.4) is 0 Å². The van der Waals surface area contributed by atoms with E-state index in [1.807, 2.05) is 0 Å². The summed E-state index contributed by atoms with van der Waals surface area (Å²) in [5.41, 5.74) is 0.711. The molecule has 0 radical (unpaired) electrons. The maximum Gasteiger partial charge on any atom is 0.412 e. The molecular weight excluding hydrogens is 260 g/mol. The summed E-state index contributed by atoms with van der Waals surface area (Å²) in [5, 5.41) is 11.4. The van der Waals surface area contributed by atoms with Gasteiger partial charge in [0.1, 0.15) is 5.60 Å². The van der Waals surface area contributed by atoms with Crippen molar-refractivity contribution in [2.45, 2.75) is 38.7 Å². The van der Waals surface area contributed by atoms with Crippen LogP contribution in [0.2, 0.25) is 0 Å². The molecule has 2 atom stereocenters. The fraction of sp³-hybridized carbons (Fsp3) is 0.500. The molecule has 108 valence electrons. The Morgan fingerprint density at radius 3 is 2.55 bits per heavy atom. The number of carboxylic acid groups (broad SMARTS) is 1. The van der Waals surface area contributed by atoms with E-state index in [1.54, 1.807) is 32.9 Å². The molecule has 1 aliphatic rings. The molecule has 0 aromatic carbocycles. The molecule has 1 aromatic rings. The zero-order valence-corrected chi connectivity index (χ0v) is 11.7. The van der Waals surface area contributed by atoms with E-state index >= 15 is 0 Å². The summed E-state index contributed by atoms with van der Waals surface area (Å²) in [4.78, 5) is 26.5. The van der Waals surface area contributed by atoms with Crippen molar-refractivity contribution in [1.29, 1.82) is 0 Å². The summed E-state index contributed by atoms with van der Waals surface area (Å²) in [5.74, 6) is -1.12. The van der Waals surface area contributed by atoms with Gasteiger partial charge in [-0.05, 0) is 39.3 Å². The second kappa shape index (κ2) is 5.11. The lowest BCUT2D eigenvalue weighted by molar-refractivity contribution is -0.138. The van der Waals surface area contributed by atoms with Crippen LogP contribution in [-0.4, -0.2) is 27.8 Å². The summed E-state index contributed by atoms with van der Waals surface area (Å²) in [6, 6.07) is 3.43. The van der Waals surface area contributed by atoms with Gasteiger partial charge < -0.3 is 9.84 Å². The van der Waals surface area contributed by atoms with Crippen molar-refractivity contribution in [3.63, 3.8) is 0 Å². The Morgan fingerprint density at radius 2 is 2.10 bits per heavy atom. The van der Waals surface area contributed by atoms with Crippen molar-refractivity contribution in [2.24, 2.45) is 5.92 Å². The number of carboxylic acids is 1. The van der Waals surface area contributed by atoms with Crippen molar-refractivity contribution in [3.05, 3.63) is 24.0 Å². The molecule has 6 nitrogen and oxygen atoms in total. The van der Waals surface area contributed by atoms with E-state index in [0.29, 0.717) is 12.1 Å². The van der Waals surface area contributed by atoms with Crippen molar-refractivity contribution in [3.8, 4) is 0 Å². The number of pyridine rings is 1. The molecule has 0 unspecified atom stereocenters. The molecule has 0 saturated heterocycles. The number of rotatable bonds is 3. The van der Waals surface area contributed by atoms with Crippen LogP contribution < -0.4 is 5.32 Å². The summed E-state index contributed by atoms with van der Waals surface area (Å²) in [7, 11) is 0. The van der Waals surface area contributed by atoms with Crippen LogP contribution in [0.1, 0.15) is 38.8 Å². The normalized spacial score (nSPS) is 21.1. The van der Waals surface area contributed by atoms with Crippen molar-refractivity contribution in [2.75, 3.05) is 5.32 Å². The van der Waals surface area contributed by atoms with Gasteiger partial charge in [-0.2, -0.15) is 0 Å². The summed E-state index contributed by atoms with van der Waals surface area (Å²) >= 11 is 0. The maximum absolute atomic E-state index is 11.6. The van der Waals surface area contributed by atoms with Crippen LogP contribution in [0, 0.1) is 5.92 Å². The molecule has 2 rings (SSSR count). The Balaban J connectivity index is 1.93. The SMILES string of the molecule is CC(C)(C)OC(=O)Nc1ccc([C@H]2C[C@@H]2C(=O)O)nc1. The molecule has 6 heteroatoms. The number of nitrogens with one attached hydrogen (secondary N) is 1. The third kappa shape index (κ3) is 3.69. The van der Waals surface area contributed by atoms with Gasteiger partial charge in [0, 0.05) is 11.6 Å². The van der Waals surface area contributed by atoms with Crippen molar-refractivity contribution < 1.29 is 19.4 Å². The quantitative estimate of drug-likeness (QED) is 0.887. The first kappa shape index (κ1) is 14.3. The second-order valence-electron chi connectivity index (χ2n) is 5.89. The number of aliphatic carboxylic acids is 1. The highest BCUT2D eigenvalue weighted by molar-refractivity contribution is 5.84. The largest absolute Gasteiger partial charge is 0.481 e. The fourth-order valence-corrected chi connectivity index (χ4v) is 1.91. The van der Waals surface area contributed by atoms with Crippen molar-refractivity contribution >= 4 is 17.7 Å². The molecule has 1 amide bonds. The highest BCUT2D eigenvalue weighted by Crippen LogP contribution is 2.46. The standard InChI is InChI=1S/C14H18N2O4/c1-14(2,3)20-13(19)16-8-4-5-11(15-7-8)9-6-10(9)12(17)18/h4-5,7,9-10H,6H2,1-3H3,(H,16,19)(H,17,18)/t9-,10-/m0/s1. The molecule has 0 spiro atoms. The monoisotopic (exact) mass is 278 g/mol. The van der Waals surface area contributed by atoms with E-state index in [0.717, 1.165) is 5.69 Å². The lowest BCUT2D eigenvalue weighted by Gasteiger charge is -2.19. The number of ether oxygens (including phenoxy) is 1. The predicted octanol–water partition coefficient (Wildman–Crippen LogP) is 2.62. The van der Waals surface area contributed by atoms with Crippen LogP contribution in [0.4, 0.5) is 10.5 Å². The predicted molar refractivity (Wildman–Crippen MR) is 72.6 cm³/mol. The van der Waals surface area contributed by atoms with Gasteiger partial charge in [0.05, 0.1) is 17.8 Å². The lowest BCUT2D eigenvalue weighted by Crippen LogP contribution is -2.27. The van der Waals surface area contributed by atoms with Gasteiger partial charge in [-0.3, -0.25) is 15.1 Å². The summed E-state index contributed by atoms with van der Waals surface area (Å²) < 4.78 is 5.12. The molecule has 1 aliphatic carbocycles. The second-order valence-corrected chi connectivity index (χ2v) is 5.89. The van der Waals surface area contributed by atoms with Gasteiger partial charge >= 0.3 is 12.1 Å². The first-order valence-corrected chi connectivity index (χ1v) is 6.45. The lowest BCUT2D eigenvalue weighted by atomic mass is 10.2. The smallest absolute Gasteiger partial charge is 0.412 e. The van der Waals surface area contributed by atoms with E-state index in [9.17, 15) is 9.59 Å². The number of carbonyl (C=O) groups is 2.